The first-order chi connectivity index (χ1) is 32.3. The van der Waals surface area contributed by atoms with Gasteiger partial charge in [0.1, 0.15) is 11.2 Å². The summed E-state index contributed by atoms with van der Waals surface area (Å²) >= 11 is 0. The molecule has 0 N–H and O–H groups in total. The molecule has 0 bridgehead atoms. The number of hydrogen-bond donors (Lipinski definition) is 0. The van der Waals surface area contributed by atoms with Crippen LogP contribution in [0, 0.1) is 0 Å². The van der Waals surface area contributed by atoms with Crippen molar-refractivity contribution in [2.24, 2.45) is 0 Å². The van der Waals surface area contributed by atoms with Gasteiger partial charge in [0, 0.05) is 27.6 Å². The number of para-hydroxylation sites is 2. The van der Waals surface area contributed by atoms with Gasteiger partial charge in [-0.15, -0.1) is 0 Å². The van der Waals surface area contributed by atoms with Crippen LogP contribution in [-0.2, 0) is 5.41 Å². The second-order valence-corrected chi connectivity index (χ2v) is 17.5. The molecule has 0 aliphatic heterocycles. The summed E-state index contributed by atoms with van der Waals surface area (Å²) in [6.45, 7) is 0. The fourth-order valence-electron chi connectivity index (χ4n) is 11.7. The lowest BCUT2D eigenvalue weighted by atomic mass is 9.70. The van der Waals surface area contributed by atoms with Crippen molar-refractivity contribution in [3.8, 4) is 44.5 Å². The van der Waals surface area contributed by atoms with Crippen molar-refractivity contribution in [1.82, 2.24) is 0 Å². The minimum atomic E-state index is -0.498. The zero-order chi connectivity index (χ0) is 42.6. The Balaban J connectivity index is 1.14. The molecule has 0 atom stereocenters. The summed E-state index contributed by atoms with van der Waals surface area (Å²) in [6, 6.07) is 87.2. The fraction of sp³-hybridized carbons (Fsp3) is 0.0159. The van der Waals surface area contributed by atoms with Crippen LogP contribution in [0.5, 0.6) is 0 Å². The number of anilines is 3. The molecule has 2 heteroatoms. The van der Waals surface area contributed by atoms with Crippen LogP contribution in [0.4, 0.5) is 17.1 Å². The molecular weight excluding hydrogens is 787 g/mol. The van der Waals surface area contributed by atoms with E-state index in [0.29, 0.717) is 0 Å². The van der Waals surface area contributed by atoms with Gasteiger partial charge in [0.2, 0.25) is 0 Å². The van der Waals surface area contributed by atoms with Crippen LogP contribution in [0.1, 0.15) is 22.3 Å². The Morgan fingerprint density at radius 2 is 0.877 bits per heavy atom. The minimum Gasteiger partial charge on any atom is -0.456 e. The molecule has 14 rings (SSSR count). The average molecular weight is 826 g/mol. The minimum absolute atomic E-state index is 0.498. The predicted octanol–water partition coefficient (Wildman–Crippen LogP) is 17.0. The van der Waals surface area contributed by atoms with Gasteiger partial charge < -0.3 is 9.32 Å². The van der Waals surface area contributed by atoms with E-state index >= 15 is 0 Å². The van der Waals surface area contributed by atoms with E-state index in [1.54, 1.807) is 0 Å². The standard InChI is InChI=1S/C63H39NO/c1-2-18-40(19-3-1)44-22-11-16-32-57(44)64(42-34-35-50-49-27-10-15-31-55(49)63(56(50)39-42)53-29-13-8-25-47(53)48-26-9-14-30-54(48)63)58-36-37-60-62(51-28-12-17-33-59(51)65-60)61(58)52-38-41-20-4-5-21-43(41)45-23-6-7-24-46(45)52/h1-39H. The van der Waals surface area contributed by atoms with Crippen LogP contribution in [0.3, 0.4) is 0 Å². The van der Waals surface area contributed by atoms with E-state index in [9.17, 15) is 0 Å². The molecule has 0 saturated heterocycles. The number of fused-ring (bicyclic) bond motifs is 16. The monoisotopic (exact) mass is 825 g/mol. The highest BCUT2D eigenvalue weighted by molar-refractivity contribution is 6.23. The molecule has 0 fully saturated rings. The van der Waals surface area contributed by atoms with Crippen molar-refractivity contribution in [3.05, 3.63) is 259 Å². The topological polar surface area (TPSA) is 16.4 Å². The van der Waals surface area contributed by atoms with Crippen molar-refractivity contribution >= 4 is 60.5 Å². The molecule has 1 heterocycles. The SMILES string of the molecule is c1ccc(-c2ccccc2N(c2ccc3c(c2)C2(c4ccccc4-c4ccccc42)c2ccccc2-3)c2ccc3oc4ccccc4c3c2-c2cc3ccccc3c3ccccc23)cc1. The van der Waals surface area contributed by atoms with E-state index in [-0.39, 0.29) is 0 Å². The number of benzene rings is 11. The maximum Gasteiger partial charge on any atom is 0.136 e. The van der Waals surface area contributed by atoms with Gasteiger partial charge in [-0.25, -0.2) is 0 Å². The molecule has 2 aliphatic carbocycles. The second-order valence-electron chi connectivity index (χ2n) is 17.5. The predicted molar refractivity (Wildman–Crippen MR) is 271 cm³/mol. The summed E-state index contributed by atoms with van der Waals surface area (Å²) in [5.41, 5.74) is 19.5. The van der Waals surface area contributed by atoms with Crippen LogP contribution >= 0.6 is 0 Å². The van der Waals surface area contributed by atoms with Crippen molar-refractivity contribution in [2.75, 3.05) is 4.90 Å². The molecule has 2 aliphatic rings. The van der Waals surface area contributed by atoms with Gasteiger partial charge in [-0.2, -0.15) is 0 Å². The van der Waals surface area contributed by atoms with Crippen LogP contribution < -0.4 is 4.90 Å². The van der Waals surface area contributed by atoms with Crippen LogP contribution in [0.25, 0.3) is 88.0 Å². The van der Waals surface area contributed by atoms with Crippen molar-refractivity contribution in [3.63, 3.8) is 0 Å². The third kappa shape index (κ3) is 4.99. The third-order valence-corrected chi connectivity index (χ3v) is 14.3. The van der Waals surface area contributed by atoms with Crippen molar-refractivity contribution in [2.45, 2.75) is 5.41 Å². The quantitative estimate of drug-likeness (QED) is 0.161. The lowest BCUT2D eigenvalue weighted by molar-refractivity contribution is 0.669. The molecule has 1 spiro atoms. The summed E-state index contributed by atoms with van der Waals surface area (Å²) in [7, 11) is 0. The maximum absolute atomic E-state index is 6.76. The first kappa shape index (κ1) is 36.1. The van der Waals surface area contributed by atoms with E-state index in [1.165, 1.54) is 66.1 Å². The smallest absolute Gasteiger partial charge is 0.136 e. The number of nitrogens with zero attached hydrogens (tertiary/aromatic N) is 1. The lowest BCUT2D eigenvalue weighted by Crippen LogP contribution is -2.26. The van der Waals surface area contributed by atoms with Gasteiger partial charge in [-0.05, 0) is 120 Å². The van der Waals surface area contributed by atoms with Crippen LogP contribution in [0.15, 0.2) is 241 Å². The first-order valence-corrected chi connectivity index (χ1v) is 22.5. The summed E-state index contributed by atoms with van der Waals surface area (Å²) in [6.07, 6.45) is 0. The average Bonchev–Trinajstić information content (AvgIpc) is 4.01. The lowest BCUT2D eigenvalue weighted by Gasteiger charge is -2.33. The number of hydrogen-bond acceptors (Lipinski definition) is 2. The van der Waals surface area contributed by atoms with Gasteiger partial charge >= 0.3 is 0 Å². The highest BCUT2D eigenvalue weighted by atomic mass is 16.3. The number of rotatable bonds is 5. The van der Waals surface area contributed by atoms with E-state index < -0.39 is 5.41 Å². The summed E-state index contributed by atoms with van der Waals surface area (Å²) < 4.78 is 6.76. The van der Waals surface area contributed by atoms with Gasteiger partial charge in [-0.1, -0.05) is 194 Å². The Bertz CT molecular complexity index is 3850. The van der Waals surface area contributed by atoms with E-state index in [1.807, 2.05) is 0 Å². The molecular formula is C63H39NO. The molecule has 302 valence electrons. The Kier molecular flexibility index (Phi) is 7.64. The molecule has 0 unspecified atom stereocenters. The maximum atomic E-state index is 6.76. The number of furan rings is 1. The Labute approximate surface area is 376 Å². The highest BCUT2D eigenvalue weighted by Gasteiger charge is 2.51. The highest BCUT2D eigenvalue weighted by Crippen LogP contribution is 2.63. The van der Waals surface area contributed by atoms with Gasteiger partial charge in [0.05, 0.1) is 16.8 Å². The van der Waals surface area contributed by atoms with Gasteiger partial charge in [0.15, 0.2) is 0 Å². The molecule has 0 amide bonds. The van der Waals surface area contributed by atoms with Crippen molar-refractivity contribution < 1.29 is 4.42 Å². The Morgan fingerprint density at radius 3 is 1.60 bits per heavy atom. The Morgan fingerprint density at radius 1 is 0.323 bits per heavy atom. The van der Waals surface area contributed by atoms with E-state index in [2.05, 4.69) is 241 Å². The molecule has 11 aromatic carbocycles. The van der Waals surface area contributed by atoms with E-state index in [4.69, 9.17) is 4.42 Å². The van der Waals surface area contributed by atoms with Crippen molar-refractivity contribution in [1.29, 1.82) is 0 Å². The molecule has 12 aromatic rings. The summed E-state index contributed by atoms with van der Waals surface area (Å²) in [5, 5.41) is 7.06. The van der Waals surface area contributed by atoms with Gasteiger partial charge in [-0.3, -0.25) is 0 Å². The molecule has 0 radical (unpaired) electrons. The molecule has 65 heavy (non-hydrogen) atoms. The molecule has 2 nitrogen and oxygen atoms in total. The summed E-state index contributed by atoms with van der Waals surface area (Å²) in [5.74, 6) is 0. The Hall–Kier alpha value is -8.46. The van der Waals surface area contributed by atoms with Crippen LogP contribution in [0.2, 0.25) is 0 Å². The largest absolute Gasteiger partial charge is 0.456 e. The second kappa shape index (κ2) is 13.8. The van der Waals surface area contributed by atoms with Gasteiger partial charge in [0.25, 0.3) is 0 Å². The van der Waals surface area contributed by atoms with Crippen LogP contribution in [-0.4, -0.2) is 0 Å². The molecule has 0 saturated carbocycles. The summed E-state index contributed by atoms with van der Waals surface area (Å²) in [4.78, 5) is 2.53. The zero-order valence-electron chi connectivity index (χ0n) is 35.4. The first-order valence-electron chi connectivity index (χ1n) is 22.5. The normalized spacial score (nSPS) is 13.0. The fourth-order valence-corrected chi connectivity index (χ4v) is 11.7. The van der Waals surface area contributed by atoms with E-state index in [0.717, 1.165) is 61.3 Å². The molecule has 1 aromatic heterocycles. The zero-order valence-corrected chi connectivity index (χ0v) is 35.4. The third-order valence-electron chi connectivity index (χ3n) is 14.3.